The largest absolute Gasteiger partial charge is 0.0654 e. The highest BCUT2D eigenvalue weighted by Crippen LogP contribution is 2.40. The van der Waals surface area contributed by atoms with Crippen molar-refractivity contribution in [3.8, 4) is 0 Å². The van der Waals surface area contributed by atoms with Crippen molar-refractivity contribution in [3.63, 3.8) is 0 Å². The summed E-state index contributed by atoms with van der Waals surface area (Å²) in [5, 5.41) is 0. The molecule has 0 amide bonds. The second kappa shape index (κ2) is 10.5. The maximum absolute atomic E-state index is 2.48. The van der Waals surface area contributed by atoms with E-state index in [1.165, 1.54) is 89.9 Å². The molecular weight excluding hydrogens is 312 g/mol. The van der Waals surface area contributed by atoms with Crippen LogP contribution in [0.5, 0.6) is 0 Å². The van der Waals surface area contributed by atoms with E-state index in [2.05, 4.69) is 38.1 Å². The van der Waals surface area contributed by atoms with Crippen LogP contribution in [0.3, 0.4) is 0 Å². The molecule has 26 heavy (non-hydrogen) atoms. The van der Waals surface area contributed by atoms with Crippen molar-refractivity contribution >= 4 is 0 Å². The summed E-state index contributed by atoms with van der Waals surface area (Å²) in [6, 6.07) is 9.91. The first-order valence-corrected chi connectivity index (χ1v) is 11.9. The molecule has 0 radical (unpaired) electrons. The van der Waals surface area contributed by atoms with Crippen LogP contribution in [0.4, 0.5) is 0 Å². The van der Waals surface area contributed by atoms with Crippen LogP contribution < -0.4 is 0 Å². The Morgan fingerprint density at radius 2 is 1.12 bits per heavy atom. The molecule has 2 saturated carbocycles. The Labute approximate surface area is 163 Å². The van der Waals surface area contributed by atoms with E-state index in [0.717, 1.165) is 23.7 Å². The number of benzene rings is 1. The fourth-order valence-electron chi connectivity index (χ4n) is 5.59. The van der Waals surface area contributed by atoms with Gasteiger partial charge in [-0.1, -0.05) is 76.6 Å². The molecule has 0 heteroatoms. The quantitative estimate of drug-likeness (QED) is 0.410. The maximum Gasteiger partial charge on any atom is -0.0162 e. The molecule has 0 saturated heterocycles. The van der Waals surface area contributed by atoms with Gasteiger partial charge in [0.15, 0.2) is 0 Å². The number of hydrogen-bond donors (Lipinski definition) is 0. The molecule has 1 aromatic rings. The lowest BCUT2D eigenvalue weighted by Crippen LogP contribution is -2.14. The molecule has 0 aromatic heterocycles. The SMILES string of the molecule is CCCCCCC1CCC(c2ccc(C3CCC(CC)CC3)cc2)CC1. The minimum atomic E-state index is 0.839. The van der Waals surface area contributed by atoms with Gasteiger partial charge in [-0.3, -0.25) is 0 Å². The molecule has 2 aliphatic rings. The topological polar surface area (TPSA) is 0 Å². The average molecular weight is 355 g/mol. The van der Waals surface area contributed by atoms with Crippen LogP contribution in [0, 0.1) is 11.8 Å². The van der Waals surface area contributed by atoms with Gasteiger partial charge in [0.2, 0.25) is 0 Å². The molecule has 0 unspecified atom stereocenters. The summed E-state index contributed by atoms with van der Waals surface area (Å²) in [6.07, 6.45) is 20.1. The van der Waals surface area contributed by atoms with Crippen LogP contribution in [0.2, 0.25) is 0 Å². The van der Waals surface area contributed by atoms with E-state index >= 15 is 0 Å². The van der Waals surface area contributed by atoms with Gasteiger partial charge < -0.3 is 0 Å². The number of unbranched alkanes of at least 4 members (excludes halogenated alkanes) is 3. The third-order valence-electron chi connectivity index (χ3n) is 7.62. The van der Waals surface area contributed by atoms with E-state index in [-0.39, 0.29) is 0 Å². The smallest absolute Gasteiger partial charge is 0.0162 e. The summed E-state index contributed by atoms with van der Waals surface area (Å²) in [7, 11) is 0. The number of rotatable bonds is 8. The Balaban J connectivity index is 1.43. The fourth-order valence-corrected chi connectivity index (χ4v) is 5.59. The van der Waals surface area contributed by atoms with E-state index in [4.69, 9.17) is 0 Å². The average Bonchev–Trinajstić information content (AvgIpc) is 2.72. The summed E-state index contributed by atoms with van der Waals surface area (Å²) in [4.78, 5) is 0. The first-order chi connectivity index (χ1) is 12.8. The van der Waals surface area contributed by atoms with Crippen LogP contribution in [0.15, 0.2) is 24.3 Å². The molecule has 0 spiro atoms. The van der Waals surface area contributed by atoms with Crippen molar-refractivity contribution in [2.75, 3.05) is 0 Å². The highest BCUT2D eigenvalue weighted by molar-refractivity contribution is 5.28. The summed E-state index contributed by atoms with van der Waals surface area (Å²) in [6.45, 7) is 4.67. The molecule has 3 rings (SSSR count). The molecule has 2 aliphatic carbocycles. The second-order valence-electron chi connectivity index (χ2n) is 9.36. The zero-order valence-electron chi connectivity index (χ0n) is 17.5. The highest BCUT2D eigenvalue weighted by atomic mass is 14.3. The highest BCUT2D eigenvalue weighted by Gasteiger charge is 2.24. The molecule has 1 aromatic carbocycles. The monoisotopic (exact) mass is 354 g/mol. The lowest BCUT2D eigenvalue weighted by molar-refractivity contribution is 0.302. The predicted molar refractivity (Wildman–Crippen MR) is 115 cm³/mol. The molecule has 0 aliphatic heterocycles. The van der Waals surface area contributed by atoms with Crippen LogP contribution in [-0.4, -0.2) is 0 Å². The maximum atomic E-state index is 2.48. The Morgan fingerprint density at radius 3 is 1.58 bits per heavy atom. The first kappa shape index (κ1) is 20.0. The lowest BCUT2D eigenvalue weighted by Gasteiger charge is -2.30. The van der Waals surface area contributed by atoms with Gasteiger partial charge in [-0.2, -0.15) is 0 Å². The Kier molecular flexibility index (Phi) is 8.08. The molecule has 2 fully saturated rings. The van der Waals surface area contributed by atoms with Gasteiger partial charge in [0.25, 0.3) is 0 Å². The van der Waals surface area contributed by atoms with Gasteiger partial charge in [-0.05, 0) is 86.2 Å². The summed E-state index contributed by atoms with van der Waals surface area (Å²) >= 11 is 0. The van der Waals surface area contributed by atoms with Gasteiger partial charge in [0.05, 0.1) is 0 Å². The van der Waals surface area contributed by atoms with Crippen molar-refractivity contribution in [3.05, 3.63) is 35.4 Å². The van der Waals surface area contributed by atoms with Gasteiger partial charge in [-0.25, -0.2) is 0 Å². The van der Waals surface area contributed by atoms with Crippen LogP contribution in [0.1, 0.15) is 127 Å². The van der Waals surface area contributed by atoms with E-state index in [1.54, 1.807) is 11.1 Å². The van der Waals surface area contributed by atoms with E-state index in [0.29, 0.717) is 0 Å². The van der Waals surface area contributed by atoms with Crippen LogP contribution in [-0.2, 0) is 0 Å². The molecule has 0 atom stereocenters. The van der Waals surface area contributed by atoms with Crippen molar-refractivity contribution in [2.24, 2.45) is 11.8 Å². The Hall–Kier alpha value is -0.780. The standard InChI is InChI=1S/C26H42/c1-3-5-6-7-8-22-11-15-24(16-12-22)26-19-17-25(18-20-26)23-13-9-21(4-2)10-14-23/h17-24H,3-16H2,1-2H3. The van der Waals surface area contributed by atoms with E-state index in [1.807, 2.05) is 0 Å². The zero-order valence-corrected chi connectivity index (χ0v) is 17.5. The van der Waals surface area contributed by atoms with Crippen molar-refractivity contribution in [1.29, 1.82) is 0 Å². The summed E-state index contributed by atoms with van der Waals surface area (Å²) in [5.74, 6) is 3.70. The van der Waals surface area contributed by atoms with Crippen molar-refractivity contribution < 1.29 is 0 Å². The van der Waals surface area contributed by atoms with E-state index < -0.39 is 0 Å². The Bertz CT molecular complexity index is 483. The van der Waals surface area contributed by atoms with Gasteiger partial charge in [-0.15, -0.1) is 0 Å². The minimum Gasteiger partial charge on any atom is -0.0654 e. The van der Waals surface area contributed by atoms with Gasteiger partial charge >= 0.3 is 0 Å². The third-order valence-corrected chi connectivity index (χ3v) is 7.62. The molecular formula is C26H42. The molecule has 0 nitrogen and oxygen atoms in total. The van der Waals surface area contributed by atoms with Crippen molar-refractivity contribution in [1.82, 2.24) is 0 Å². The van der Waals surface area contributed by atoms with Gasteiger partial charge in [0, 0.05) is 0 Å². The van der Waals surface area contributed by atoms with Gasteiger partial charge in [0.1, 0.15) is 0 Å². The van der Waals surface area contributed by atoms with E-state index in [9.17, 15) is 0 Å². The van der Waals surface area contributed by atoms with Crippen molar-refractivity contribution in [2.45, 2.75) is 116 Å². The fraction of sp³-hybridized carbons (Fsp3) is 0.769. The summed E-state index contributed by atoms with van der Waals surface area (Å²) < 4.78 is 0. The third kappa shape index (κ3) is 5.61. The zero-order chi connectivity index (χ0) is 18.2. The van der Waals surface area contributed by atoms with Crippen LogP contribution >= 0.6 is 0 Å². The molecule has 0 N–H and O–H groups in total. The predicted octanol–water partition coefficient (Wildman–Crippen LogP) is 8.61. The lowest BCUT2D eigenvalue weighted by atomic mass is 9.75. The minimum absolute atomic E-state index is 0.839. The molecule has 0 heterocycles. The molecule has 0 bridgehead atoms. The number of hydrogen-bond acceptors (Lipinski definition) is 0. The second-order valence-corrected chi connectivity index (χ2v) is 9.36. The first-order valence-electron chi connectivity index (χ1n) is 11.9. The van der Waals surface area contributed by atoms with Crippen LogP contribution in [0.25, 0.3) is 0 Å². The normalized spacial score (nSPS) is 29.6. The summed E-state index contributed by atoms with van der Waals surface area (Å²) in [5.41, 5.74) is 3.24. The Morgan fingerprint density at radius 1 is 0.615 bits per heavy atom. The molecule has 146 valence electrons.